The monoisotopic (exact) mass is 459 g/mol. The van der Waals surface area contributed by atoms with Crippen molar-refractivity contribution < 1.29 is 4.74 Å². The predicted octanol–water partition coefficient (Wildman–Crippen LogP) is 4.76. The van der Waals surface area contributed by atoms with Crippen LogP contribution in [-0.4, -0.2) is 41.1 Å². The van der Waals surface area contributed by atoms with Crippen LogP contribution in [0.2, 0.25) is 0 Å². The van der Waals surface area contributed by atoms with E-state index in [1.54, 1.807) is 0 Å². The van der Waals surface area contributed by atoms with Gasteiger partial charge in [-0.15, -0.1) is 0 Å². The lowest BCUT2D eigenvalue weighted by Gasteiger charge is -2.30. The molecule has 8 nitrogen and oxygen atoms in total. The van der Waals surface area contributed by atoms with Gasteiger partial charge in [0.2, 0.25) is 17.8 Å². The maximum atomic E-state index is 6.18. The van der Waals surface area contributed by atoms with Gasteiger partial charge >= 0.3 is 0 Å². The second-order valence-corrected chi connectivity index (χ2v) is 9.01. The highest BCUT2D eigenvalue weighted by Gasteiger charge is 2.20. The molecule has 2 aliphatic heterocycles. The van der Waals surface area contributed by atoms with Gasteiger partial charge < -0.3 is 25.6 Å². The van der Waals surface area contributed by atoms with Crippen LogP contribution in [0.3, 0.4) is 0 Å². The van der Waals surface area contributed by atoms with E-state index in [2.05, 4.69) is 15.1 Å². The molecular weight excluding hydrogens is 426 g/mol. The minimum Gasteiger partial charge on any atom is -0.487 e. The smallest absolute Gasteiger partial charge is 0.233 e. The van der Waals surface area contributed by atoms with Crippen LogP contribution in [0.1, 0.15) is 44.1 Å². The SMILES string of the molecule is Nc1ccc(Nc2nc(N3CCCCC3)nc(N3CCCCC3)n2)cc1OCc1ccccc1. The van der Waals surface area contributed by atoms with Crippen molar-refractivity contribution in [1.82, 2.24) is 15.0 Å². The fourth-order valence-corrected chi connectivity index (χ4v) is 4.48. The molecule has 3 N–H and O–H groups in total. The van der Waals surface area contributed by atoms with Gasteiger partial charge in [0, 0.05) is 37.9 Å². The number of hydrogen-bond acceptors (Lipinski definition) is 8. The predicted molar refractivity (Wildman–Crippen MR) is 137 cm³/mol. The average Bonchev–Trinajstić information content (AvgIpc) is 2.90. The lowest BCUT2D eigenvalue weighted by atomic mass is 10.1. The molecule has 2 fully saturated rings. The summed E-state index contributed by atoms with van der Waals surface area (Å²) in [6, 6.07) is 15.7. The number of nitrogens with one attached hydrogen (secondary N) is 1. The third-order valence-electron chi connectivity index (χ3n) is 6.40. The van der Waals surface area contributed by atoms with Crippen LogP contribution < -0.4 is 25.6 Å². The van der Waals surface area contributed by atoms with Gasteiger partial charge in [-0.3, -0.25) is 0 Å². The highest BCUT2D eigenvalue weighted by atomic mass is 16.5. The zero-order valence-electron chi connectivity index (χ0n) is 19.6. The molecule has 2 saturated heterocycles. The Morgan fingerprint density at radius 2 is 1.38 bits per heavy atom. The summed E-state index contributed by atoms with van der Waals surface area (Å²) < 4.78 is 6.00. The Bertz CT molecular complexity index is 1040. The number of nitrogens with two attached hydrogens (primary N) is 1. The maximum absolute atomic E-state index is 6.18. The maximum Gasteiger partial charge on any atom is 0.233 e. The van der Waals surface area contributed by atoms with Gasteiger partial charge in [0.25, 0.3) is 0 Å². The molecule has 3 aromatic rings. The molecule has 2 aromatic carbocycles. The molecule has 0 unspecified atom stereocenters. The summed E-state index contributed by atoms with van der Waals surface area (Å²) in [6.45, 7) is 4.41. The molecule has 178 valence electrons. The Morgan fingerprint density at radius 3 is 2.00 bits per heavy atom. The van der Waals surface area contributed by atoms with E-state index in [1.807, 2.05) is 48.5 Å². The van der Waals surface area contributed by atoms with E-state index in [0.29, 0.717) is 24.0 Å². The third-order valence-corrected chi connectivity index (χ3v) is 6.40. The topological polar surface area (TPSA) is 92.4 Å². The number of ether oxygens (including phenoxy) is 1. The number of benzene rings is 2. The molecule has 0 radical (unpaired) electrons. The Morgan fingerprint density at radius 1 is 0.765 bits per heavy atom. The summed E-state index contributed by atoms with van der Waals surface area (Å²) in [7, 11) is 0. The Kier molecular flexibility index (Phi) is 6.93. The fourth-order valence-electron chi connectivity index (χ4n) is 4.48. The van der Waals surface area contributed by atoms with Crippen LogP contribution in [0.5, 0.6) is 5.75 Å². The van der Waals surface area contributed by atoms with Crippen LogP contribution in [0.4, 0.5) is 29.2 Å². The van der Waals surface area contributed by atoms with Gasteiger partial charge in [-0.1, -0.05) is 30.3 Å². The second kappa shape index (κ2) is 10.6. The first kappa shape index (κ1) is 22.3. The standard InChI is InChI=1S/C26H33N7O/c27-22-13-12-21(18-23(22)34-19-20-10-4-1-5-11-20)28-24-29-25(32-14-6-2-7-15-32)31-26(30-24)33-16-8-3-9-17-33/h1,4-5,10-13,18H,2-3,6-9,14-17,19,27H2,(H,28,29,30,31). The lowest BCUT2D eigenvalue weighted by molar-refractivity contribution is 0.308. The van der Waals surface area contributed by atoms with Crippen molar-refractivity contribution in [3.05, 3.63) is 54.1 Å². The summed E-state index contributed by atoms with van der Waals surface area (Å²) >= 11 is 0. The van der Waals surface area contributed by atoms with Crippen LogP contribution in [0.15, 0.2) is 48.5 Å². The molecule has 5 rings (SSSR count). The molecule has 0 amide bonds. The zero-order chi connectivity index (χ0) is 23.2. The minimum atomic E-state index is 0.457. The van der Waals surface area contributed by atoms with E-state index < -0.39 is 0 Å². The Balaban J connectivity index is 1.38. The van der Waals surface area contributed by atoms with Crippen molar-refractivity contribution in [2.45, 2.75) is 45.1 Å². The summed E-state index contributed by atoms with van der Waals surface area (Å²) in [4.78, 5) is 19.0. The number of nitrogen functional groups attached to an aromatic ring is 1. The average molecular weight is 460 g/mol. The van der Waals surface area contributed by atoms with E-state index in [9.17, 15) is 0 Å². The lowest BCUT2D eigenvalue weighted by Crippen LogP contribution is -2.34. The first-order valence-electron chi connectivity index (χ1n) is 12.3. The third kappa shape index (κ3) is 5.50. The van der Waals surface area contributed by atoms with Crippen molar-refractivity contribution >= 4 is 29.2 Å². The summed E-state index contributed by atoms with van der Waals surface area (Å²) in [6.07, 6.45) is 7.23. The molecule has 1 aromatic heterocycles. The summed E-state index contributed by atoms with van der Waals surface area (Å²) in [5.74, 6) is 2.70. The molecule has 34 heavy (non-hydrogen) atoms. The molecule has 0 bridgehead atoms. The first-order chi connectivity index (χ1) is 16.7. The van der Waals surface area contributed by atoms with Gasteiger partial charge in [0.1, 0.15) is 12.4 Å². The Hall–Kier alpha value is -3.55. The molecule has 0 aliphatic carbocycles. The van der Waals surface area contributed by atoms with Gasteiger partial charge in [0.05, 0.1) is 5.69 Å². The Labute approximate surface area is 201 Å². The molecule has 0 atom stereocenters. The molecule has 8 heteroatoms. The molecule has 2 aliphatic rings. The number of anilines is 5. The van der Waals surface area contributed by atoms with Crippen LogP contribution in [-0.2, 0) is 6.61 Å². The van der Waals surface area contributed by atoms with Crippen molar-refractivity contribution in [2.24, 2.45) is 0 Å². The molecule has 0 spiro atoms. The largest absolute Gasteiger partial charge is 0.487 e. The molecule has 0 saturated carbocycles. The van der Waals surface area contributed by atoms with Crippen molar-refractivity contribution in [2.75, 3.05) is 47.0 Å². The van der Waals surface area contributed by atoms with Gasteiger partial charge in [-0.25, -0.2) is 0 Å². The van der Waals surface area contributed by atoms with Crippen molar-refractivity contribution in [3.8, 4) is 5.75 Å². The van der Waals surface area contributed by atoms with Crippen LogP contribution >= 0.6 is 0 Å². The number of nitrogens with zero attached hydrogens (tertiary/aromatic N) is 5. The second-order valence-electron chi connectivity index (χ2n) is 9.01. The highest BCUT2D eigenvalue weighted by Crippen LogP contribution is 2.29. The van der Waals surface area contributed by atoms with E-state index in [4.69, 9.17) is 25.4 Å². The van der Waals surface area contributed by atoms with E-state index in [0.717, 1.165) is 49.3 Å². The van der Waals surface area contributed by atoms with Crippen LogP contribution in [0.25, 0.3) is 0 Å². The van der Waals surface area contributed by atoms with Crippen LogP contribution in [0, 0.1) is 0 Å². The minimum absolute atomic E-state index is 0.457. The van der Waals surface area contributed by atoms with E-state index >= 15 is 0 Å². The zero-order valence-corrected chi connectivity index (χ0v) is 19.6. The molecular formula is C26H33N7O. The van der Waals surface area contributed by atoms with Crippen molar-refractivity contribution in [3.63, 3.8) is 0 Å². The number of piperidine rings is 2. The van der Waals surface area contributed by atoms with E-state index in [1.165, 1.54) is 38.5 Å². The highest BCUT2D eigenvalue weighted by molar-refractivity contribution is 5.65. The normalized spacial score (nSPS) is 16.4. The van der Waals surface area contributed by atoms with Gasteiger partial charge in [-0.2, -0.15) is 15.0 Å². The summed E-state index contributed by atoms with van der Waals surface area (Å²) in [5, 5.41) is 3.38. The van der Waals surface area contributed by atoms with Gasteiger partial charge in [0.15, 0.2) is 0 Å². The first-order valence-corrected chi connectivity index (χ1v) is 12.3. The van der Waals surface area contributed by atoms with E-state index in [-0.39, 0.29) is 0 Å². The number of aromatic nitrogens is 3. The number of rotatable bonds is 7. The van der Waals surface area contributed by atoms with Crippen molar-refractivity contribution in [1.29, 1.82) is 0 Å². The molecule has 3 heterocycles. The summed E-state index contributed by atoms with van der Waals surface area (Å²) in [5.41, 5.74) is 8.70. The number of hydrogen-bond donors (Lipinski definition) is 2. The van der Waals surface area contributed by atoms with Gasteiger partial charge in [-0.05, 0) is 56.2 Å². The quantitative estimate of drug-likeness (QED) is 0.489. The fraction of sp³-hybridized carbons (Fsp3) is 0.423.